The fourth-order valence-electron chi connectivity index (χ4n) is 2.87. The molecular formula is C17H26N2O. The summed E-state index contributed by atoms with van der Waals surface area (Å²) in [5, 5.41) is 0. The lowest BCUT2D eigenvalue weighted by Crippen LogP contribution is -2.46. The number of likely N-dealkylation sites (tertiary alicyclic amines) is 1. The predicted octanol–water partition coefficient (Wildman–Crippen LogP) is 2.83. The fraction of sp³-hybridized carbons (Fsp3) is 0.588. The third-order valence-electron chi connectivity index (χ3n) is 4.76. The number of amides is 1. The van der Waals surface area contributed by atoms with Gasteiger partial charge in [-0.05, 0) is 23.8 Å². The molecular weight excluding hydrogens is 248 g/mol. The molecule has 1 heterocycles. The fourth-order valence-corrected chi connectivity index (χ4v) is 2.87. The van der Waals surface area contributed by atoms with E-state index in [-0.39, 0.29) is 17.9 Å². The van der Waals surface area contributed by atoms with Crippen LogP contribution < -0.4 is 5.73 Å². The van der Waals surface area contributed by atoms with Gasteiger partial charge in [0.05, 0.1) is 5.92 Å². The number of benzene rings is 1. The Morgan fingerprint density at radius 3 is 2.50 bits per heavy atom. The first-order chi connectivity index (χ1) is 9.50. The van der Waals surface area contributed by atoms with E-state index < -0.39 is 0 Å². The topological polar surface area (TPSA) is 46.3 Å². The number of carbonyl (C=O) groups is 1. The third kappa shape index (κ3) is 3.21. The summed E-state index contributed by atoms with van der Waals surface area (Å²) in [6, 6.07) is 9.67. The number of carbonyl (C=O) groups excluding carboxylic acids is 1. The number of hydrogen-bond acceptors (Lipinski definition) is 2. The van der Waals surface area contributed by atoms with Crippen LogP contribution in [0.3, 0.4) is 0 Å². The van der Waals surface area contributed by atoms with Crippen LogP contribution in [0.15, 0.2) is 30.3 Å². The zero-order chi connectivity index (χ0) is 14.7. The second kappa shape index (κ2) is 6.40. The van der Waals surface area contributed by atoms with Gasteiger partial charge in [-0.25, -0.2) is 0 Å². The van der Waals surface area contributed by atoms with Gasteiger partial charge in [-0.2, -0.15) is 0 Å². The molecule has 3 nitrogen and oxygen atoms in total. The lowest BCUT2D eigenvalue weighted by atomic mass is 9.87. The smallest absolute Gasteiger partial charge is 0.227 e. The Labute approximate surface area is 122 Å². The lowest BCUT2D eigenvalue weighted by molar-refractivity contribution is -0.138. The van der Waals surface area contributed by atoms with Gasteiger partial charge in [0, 0.05) is 19.1 Å². The summed E-state index contributed by atoms with van der Waals surface area (Å²) in [6.45, 7) is 8.18. The van der Waals surface area contributed by atoms with Gasteiger partial charge in [0.2, 0.25) is 5.91 Å². The van der Waals surface area contributed by atoms with Gasteiger partial charge in [0.1, 0.15) is 0 Å². The Bertz CT molecular complexity index is 446. The van der Waals surface area contributed by atoms with Crippen LogP contribution in [0.4, 0.5) is 0 Å². The molecule has 0 radical (unpaired) electrons. The van der Waals surface area contributed by atoms with Crippen molar-refractivity contribution in [1.82, 2.24) is 4.90 Å². The van der Waals surface area contributed by atoms with Crippen molar-refractivity contribution in [2.45, 2.75) is 33.2 Å². The van der Waals surface area contributed by atoms with E-state index in [0.717, 1.165) is 25.1 Å². The molecule has 4 atom stereocenters. The zero-order valence-corrected chi connectivity index (χ0v) is 12.8. The van der Waals surface area contributed by atoms with Gasteiger partial charge >= 0.3 is 0 Å². The van der Waals surface area contributed by atoms with Crippen LogP contribution in [0.25, 0.3) is 0 Å². The van der Waals surface area contributed by atoms with E-state index in [4.69, 9.17) is 5.73 Å². The lowest BCUT2D eigenvalue weighted by Gasteiger charge is -2.37. The van der Waals surface area contributed by atoms with Crippen LogP contribution >= 0.6 is 0 Å². The summed E-state index contributed by atoms with van der Waals surface area (Å²) in [7, 11) is 0. The summed E-state index contributed by atoms with van der Waals surface area (Å²) in [5.74, 6) is 1.31. The summed E-state index contributed by atoms with van der Waals surface area (Å²) in [6.07, 6.45) is 1.10. The van der Waals surface area contributed by atoms with E-state index >= 15 is 0 Å². The molecule has 110 valence electrons. The maximum atomic E-state index is 12.6. The first-order valence-electron chi connectivity index (χ1n) is 7.60. The SMILES string of the molecule is CC1CCN(C(=O)C(C)C(N)c2ccccc2)CC1C. The molecule has 0 saturated carbocycles. The van der Waals surface area contributed by atoms with Crippen LogP contribution in [-0.4, -0.2) is 23.9 Å². The van der Waals surface area contributed by atoms with Gasteiger partial charge in [0.25, 0.3) is 0 Å². The zero-order valence-electron chi connectivity index (χ0n) is 12.8. The van der Waals surface area contributed by atoms with E-state index in [1.165, 1.54) is 0 Å². The van der Waals surface area contributed by atoms with E-state index in [1.807, 2.05) is 42.2 Å². The molecule has 20 heavy (non-hydrogen) atoms. The molecule has 0 aliphatic carbocycles. The minimum Gasteiger partial charge on any atom is -0.342 e. The highest BCUT2D eigenvalue weighted by molar-refractivity contribution is 5.79. The van der Waals surface area contributed by atoms with Gasteiger partial charge in [-0.1, -0.05) is 51.1 Å². The molecule has 1 aromatic carbocycles. The molecule has 0 spiro atoms. The first-order valence-corrected chi connectivity index (χ1v) is 7.60. The van der Waals surface area contributed by atoms with Crippen molar-refractivity contribution >= 4 is 5.91 Å². The highest BCUT2D eigenvalue weighted by atomic mass is 16.2. The molecule has 1 aromatic rings. The van der Waals surface area contributed by atoms with Crippen molar-refractivity contribution < 1.29 is 4.79 Å². The molecule has 1 aliphatic heterocycles. The van der Waals surface area contributed by atoms with Gasteiger partial charge in [-0.3, -0.25) is 4.79 Å². The average Bonchev–Trinajstić information content (AvgIpc) is 2.48. The highest BCUT2D eigenvalue weighted by Crippen LogP contribution is 2.26. The van der Waals surface area contributed by atoms with Crippen LogP contribution in [0, 0.1) is 17.8 Å². The first kappa shape index (κ1) is 15.0. The molecule has 4 unspecified atom stereocenters. The van der Waals surface area contributed by atoms with Crippen LogP contribution in [0.2, 0.25) is 0 Å². The molecule has 3 heteroatoms. The van der Waals surface area contributed by atoms with Gasteiger partial charge in [-0.15, -0.1) is 0 Å². The molecule has 1 fully saturated rings. The van der Waals surface area contributed by atoms with Crippen molar-refractivity contribution in [3.63, 3.8) is 0 Å². The quantitative estimate of drug-likeness (QED) is 0.921. The van der Waals surface area contributed by atoms with Crippen molar-refractivity contribution in [2.24, 2.45) is 23.5 Å². The molecule has 2 rings (SSSR count). The average molecular weight is 274 g/mol. The number of nitrogens with zero attached hydrogens (tertiary/aromatic N) is 1. The predicted molar refractivity (Wildman–Crippen MR) is 82.1 cm³/mol. The molecule has 1 amide bonds. The summed E-state index contributed by atoms with van der Waals surface area (Å²) in [5.41, 5.74) is 7.29. The van der Waals surface area contributed by atoms with Crippen LogP contribution in [0.5, 0.6) is 0 Å². The highest BCUT2D eigenvalue weighted by Gasteiger charge is 2.31. The van der Waals surface area contributed by atoms with Crippen molar-refractivity contribution in [2.75, 3.05) is 13.1 Å². The molecule has 0 aromatic heterocycles. The number of nitrogens with two attached hydrogens (primary N) is 1. The Kier molecular flexibility index (Phi) is 4.81. The minimum atomic E-state index is -0.224. The number of piperidine rings is 1. The summed E-state index contributed by atoms with van der Waals surface area (Å²) >= 11 is 0. The van der Waals surface area contributed by atoms with Crippen molar-refractivity contribution in [3.05, 3.63) is 35.9 Å². The van der Waals surface area contributed by atoms with Crippen LogP contribution in [-0.2, 0) is 4.79 Å². The van der Waals surface area contributed by atoms with E-state index in [1.54, 1.807) is 0 Å². The van der Waals surface area contributed by atoms with Gasteiger partial charge in [0.15, 0.2) is 0 Å². The summed E-state index contributed by atoms with van der Waals surface area (Å²) < 4.78 is 0. The Balaban J connectivity index is 2.02. The normalized spacial score (nSPS) is 26.1. The largest absolute Gasteiger partial charge is 0.342 e. The molecule has 0 bridgehead atoms. The monoisotopic (exact) mass is 274 g/mol. The van der Waals surface area contributed by atoms with Gasteiger partial charge < -0.3 is 10.6 Å². The maximum absolute atomic E-state index is 12.6. The Morgan fingerprint density at radius 1 is 1.25 bits per heavy atom. The second-order valence-electron chi connectivity index (χ2n) is 6.25. The van der Waals surface area contributed by atoms with Crippen LogP contribution in [0.1, 0.15) is 38.8 Å². The Hall–Kier alpha value is -1.35. The molecule has 1 saturated heterocycles. The summed E-state index contributed by atoms with van der Waals surface area (Å²) in [4.78, 5) is 14.6. The maximum Gasteiger partial charge on any atom is 0.227 e. The van der Waals surface area contributed by atoms with E-state index in [9.17, 15) is 4.79 Å². The van der Waals surface area contributed by atoms with E-state index in [0.29, 0.717) is 11.8 Å². The number of hydrogen-bond donors (Lipinski definition) is 1. The minimum absolute atomic E-state index is 0.169. The second-order valence-corrected chi connectivity index (χ2v) is 6.25. The van der Waals surface area contributed by atoms with Crippen molar-refractivity contribution in [3.8, 4) is 0 Å². The Morgan fingerprint density at radius 2 is 1.90 bits per heavy atom. The number of rotatable bonds is 3. The van der Waals surface area contributed by atoms with Crippen molar-refractivity contribution in [1.29, 1.82) is 0 Å². The molecule has 1 aliphatic rings. The third-order valence-corrected chi connectivity index (χ3v) is 4.76. The van der Waals surface area contributed by atoms with E-state index in [2.05, 4.69) is 13.8 Å². The molecule has 2 N–H and O–H groups in total. The standard InChI is InChI=1S/C17H26N2O/c1-12-9-10-19(11-13(12)2)17(20)14(3)16(18)15-7-5-4-6-8-15/h4-8,12-14,16H,9-11,18H2,1-3H3.